The summed E-state index contributed by atoms with van der Waals surface area (Å²) in [6, 6.07) is 3.51. The minimum Gasteiger partial charge on any atom is -0.459 e. The molecule has 0 saturated carbocycles. The first-order chi connectivity index (χ1) is 7.45. The van der Waals surface area contributed by atoms with Crippen LogP contribution >= 0.6 is 15.9 Å². The highest BCUT2D eigenvalue weighted by Gasteiger charge is 2.15. The summed E-state index contributed by atoms with van der Waals surface area (Å²) in [6.07, 6.45) is 0.723. The third-order valence-corrected chi connectivity index (χ3v) is 2.97. The van der Waals surface area contributed by atoms with Gasteiger partial charge in [-0.1, -0.05) is 22.9 Å². The monoisotopic (exact) mass is 285 g/mol. The Kier molecular flexibility index (Phi) is 4.35. The van der Waals surface area contributed by atoms with Crippen LogP contribution in [0.15, 0.2) is 16.6 Å². The van der Waals surface area contributed by atoms with Crippen LogP contribution < -0.4 is 5.73 Å². The van der Waals surface area contributed by atoms with Gasteiger partial charge in [0, 0.05) is 10.2 Å². The topological polar surface area (TPSA) is 52.3 Å². The number of hydrogen-bond acceptors (Lipinski definition) is 3. The van der Waals surface area contributed by atoms with E-state index in [1.165, 1.54) is 0 Å². The molecule has 0 heterocycles. The van der Waals surface area contributed by atoms with Gasteiger partial charge in [0.25, 0.3) is 0 Å². The number of anilines is 1. The Labute approximate surface area is 104 Å². The number of hydrogen-bond donors (Lipinski definition) is 1. The van der Waals surface area contributed by atoms with E-state index in [1.807, 2.05) is 20.8 Å². The van der Waals surface area contributed by atoms with Crippen molar-refractivity contribution < 1.29 is 9.53 Å². The van der Waals surface area contributed by atoms with E-state index in [0.717, 1.165) is 16.5 Å². The number of carbonyl (C=O) groups is 1. The maximum atomic E-state index is 11.8. The van der Waals surface area contributed by atoms with Crippen molar-refractivity contribution in [2.45, 2.75) is 33.3 Å². The third kappa shape index (κ3) is 2.98. The molecule has 0 amide bonds. The predicted octanol–water partition coefficient (Wildman–Crippen LogP) is 3.30. The predicted molar refractivity (Wildman–Crippen MR) is 68.5 cm³/mol. The summed E-state index contributed by atoms with van der Waals surface area (Å²) in [7, 11) is 0. The van der Waals surface area contributed by atoms with Crippen LogP contribution in [0.3, 0.4) is 0 Å². The highest BCUT2D eigenvalue weighted by molar-refractivity contribution is 9.10. The number of rotatable bonds is 3. The lowest BCUT2D eigenvalue weighted by Gasteiger charge is -2.13. The van der Waals surface area contributed by atoms with Gasteiger partial charge in [-0.25, -0.2) is 4.79 Å². The molecule has 1 aromatic carbocycles. The number of benzene rings is 1. The SMILES string of the molecule is CCC(C)OC(=O)c1cc(Br)cc(N)c1C. The molecular formula is C12H16BrNO2. The second-order valence-electron chi connectivity index (χ2n) is 3.79. The van der Waals surface area contributed by atoms with Gasteiger partial charge in [-0.3, -0.25) is 0 Å². The maximum Gasteiger partial charge on any atom is 0.338 e. The molecule has 1 atom stereocenters. The van der Waals surface area contributed by atoms with E-state index in [-0.39, 0.29) is 12.1 Å². The average Bonchev–Trinajstić information content (AvgIpc) is 2.22. The van der Waals surface area contributed by atoms with E-state index >= 15 is 0 Å². The fourth-order valence-electron chi connectivity index (χ4n) is 1.24. The number of esters is 1. The molecule has 0 fully saturated rings. The standard InChI is InChI=1S/C12H16BrNO2/c1-4-7(2)16-12(15)10-5-9(13)6-11(14)8(10)3/h5-7H,4,14H2,1-3H3. The second kappa shape index (κ2) is 5.34. The molecule has 16 heavy (non-hydrogen) atoms. The summed E-state index contributed by atoms with van der Waals surface area (Å²) in [5, 5.41) is 0. The van der Waals surface area contributed by atoms with Gasteiger partial charge < -0.3 is 10.5 Å². The summed E-state index contributed by atoms with van der Waals surface area (Å²) in [6.45, 7) is 5.66. The van der Waals surface area contributed by atoms with Gasteiger partial charge >= 0.3 is 5.97 Å². The first-order valence-electron chi connectivity index (χ1n) is 5.22. The Balaban J connectivity index is 2.99. The molecule has 0 aliphatic carbocycles. The number of halogens is 1. The Hall–Kier alpha value is -1.03. The van der Waals surface area contributed by atoms with Crippen LogP contribution in [0.5, 0.6) is 0 Å². The Morgan fingerprint density at radius 3 is 2.75 bits per heavy atom. The molecule has 0 bridgehead atoms. The molecule has 2 N–H and O–H groups in total. The van der Waals surface area contributed by atoms with Crippen LogP contribution in [0.2, 0.25) is 0 Å². The van der Waals surface area contributed by atoms with Crippen molar-refractivity contribution in [3.63, 3.8) is 0 Å². The average molecular weight is 286 g/mol. The number of carbonyl (C=O) groups excluding carboxylic acids is 1. The molecule has 1 rings (SSSR count). The fraction of sp³-hybridized carbons (Fsp3) is 0.417. The molecule has 4 heteroatoms. The Morgan fingerprint density at radius 1 is 1.56 bits per heavy atom. The van der Waals surface area contributed by atoms with Crippen molar-refractivity contribution in [3.8, 4) is 0 Å². The van der Waals surface area contributed by atoms with E-state index in [1.54, 1.807) is 12.1 Å². The van der Waals surface area contributed by atoms with Crippen molar-refractivity contribution in [1.29, 1.82) is 0 Å². The second-order valence-corrected chi connectivity index (χ2v) is 4.71. The summed E-state index contributed by atoms with van der Waals surface area (Å²) in [5.41, 5.74) is 7.65. The van der Waals surface area contributed by atoms with Crippen LogP contribution in [0.1, 0.15) is 36.2 Å². The molecule has 0 radical (unpaired) electrons. The highest BCUT2D eigenvalue weighted by atomic mass is 79.9. The van der Waals surface area contributed by atoms with Crippen LogP contribution in [-0.2, 0) is 4.74 Å². The molecule has 0 saturated heterocycles. The lowest BCUT2D eigenvalue weighted by atomic mass is 10.1. The van der Waals surface area contributed by atoms with E-state index in [9.17, 15) is 4.79 Å². The van der Waals surface area contributed by atoms with Crippen LogP contribution in [-0.4, -0.2) is 12.1 Å². The van der Waals surface area contributed by atoms with E-state index in [4.69, 9.17) is 10.5 Å². The van der Waals surface area contributed by atoms with Crippen molar-refractivity contribution in [2.75, 3.05) is 5.73 Å². The summed E-state index contributed by atoms with van der Waals surface area (Å²) < 4.78 is 6.05. The van der Waals surface area contributed by atoms with Gasteiger partial charge in [-0.15, -0.1) is 0 Å². The van der Waals surface area contributed by atoms with Gasteiger partial charge in [-0.2, -0.15) is 0 Å². The maximum absolute atomic E-state index is 11.8. The smallest absolute Gasteiger partial charge is 0.338 e. The fourth-order valence-corrected chi connectivity index (χ4v) is 1.72. The van der Waals surface area contributed by atoms with Crippen LogP contribution in [0.4, 0.5) is 5.69 Å². The van der Waals surface area contributed by atoms with Gasteiger partial charge in [0.05, 0.1) is 11.7 Å². The number of nitrogen functional groups attached to an aromatic ring is 1. The molecule has 1 aromatic rings. The van der Waals surface area contributed by atoms with Crippen molar-refractivity contribution in [1.82, 2.24) is 0 Å². The van der Waals surface area contributed by atoms with E-state index in [2.05, 4.69) is 15.9 Å². The van der Waals surface area contributed by atoms with Gasteiger partial charge in [0.2, 0.25) is 0 Å². The zero-order valence-corrected chi connectivity index (χ0v) is 11.3. The first-order valence-corrected chi connectivity index (χ1v) is 6.01. The molecule has 0 aliphatic rings. The molecule has 88 valence electrons. The molecule has 0 spiro atoms. The van der Waals surface area contributed by atoms with Crippen molar-refractivity contribution in [2.24, 2.45) is 0 Å². The first kappa shape index (κ1) is 13.0. The summed E-state index contributed by atoms with van der Waals surface area (Å²) in [5.74, 6) is -0.320. The minimum atomic E-state index is -0.320. The van der Waals surface area contributed by atoms with Crippen LogP contribution in [0, 0.1) is 6.92 Å². The van der Waals surface area contributed by atoms with Crippen LogP contribution in [0.25, 0.3) is 0 Å². The minimum absolute atomic E-state index is 0.0768. The highest BCUT2D eigenvalue weighted by Crippen LogP contribution is 2.23. The van der Waals surface area contributed by atoms with Crippen molar-refractivity contribution in [3.05, 3.63) is 27.7 Å². The third-order valence-electron chi connectivity index (χ3n) is 2.52. The van der Waals surface area contributed by atoms with Gasteiger partial charge in [0.15, 0.2) is 0 Å². The number of nitrogens with two attached hydrogens (primary N) is 1. The molecule has 3 nitrogen and oxygen atoms in total. The lowest BCUT2D eigenvalue weighted by molar-refractivity contribution is 0.0333. The molecule has 0 aromatic heterocycles. The van der Waals surface area contributed by atoms with Gasteiger partial charge in [-0.05, 0) is 38.0 Å². The molecule has 0 aliphatic heterocycles. The summed E-state index contributed by atoms with van der Waals surface area (Å²) >= 11 is 3.31. The lowest BCUT2D eigenvalue weighted by Crippen LogP contribution is -2.15. The Morgan fingerprint density at radius 2 is 2.19 bits per heavy atom. The summed E-state index contributed by atoms with van der Waals surface area (Å²) in [4.78, 5) is 11.8. The van der Waals surface area contributed by atoms with E-state index in [0.29, 0.717) is 11.3 Å². The molecule has 1 unspecified atom stereocenters. The zero-order chi connectivity index (χ0) is 12.3. The Bertz CT molecular complexity index is 404. The van der Waals surface area contributed by atoms with E-state index < -0.39 is 0 Å². The molecular weight excluding hydrogens is 270 g/mol. The zero-order valence-electron chi connectivity index (χ0n) is 9.71. The normalized spacial score (nSPS) is 12.2. The van der Waals surface area contributed by atoms with Crippen molar-refractivity contribution >= 4 is 27.6 Å². The van der Waals surface area contributed by atoms with Gasteiger partial charge in [0.1, 0.15) is 0 Å². The largest absolute Gasteiger partial charge is 0.459 e. The quantitative estimate of drug-likeness (QED) is 0.685. The number of ether oxygens (including phenoxy) is 1.